The Kier molecular flexibility index (Phi) is 3.60. The number of rotatable bonds is 4. The normalized spacial score (nSPS) is 34.3. The molecule has 0 bridgehead atoms. The molecule has 2 aliphatic rings. The van der Waals surface area contributed by atoms with Gasteiger partial charge >= 0.3 is 0 Å². The first kappa shape index (κ1) is 12.4. The molecule has 16 heavy (non-hydrogen) atoms. The lowest BCUT2D eigenvalue weighted by Gasteiger charge is -2.43. The van der Waals surface area contributed by atoms with Gasteiger partial charge in [0, 0.05) is 31.7 Å². The van der Waals surface area contributed by atoms with Crippen molar-refractivity contribution in [2.24, 2.45) is 11.3 Å². The van der Waals surface area contributed by atoms with Crippen molar-refractivity contribution in [3.63, 3.8) is 0 Å². The average Bonchev–Trinajstić information content (AvgIpc) is 2.95. The minimum absolute atomic E-state index is 0.656. The molecular formula is C14H28N2. The standard InChI is InChI=1S/C14H28N2/c1-5-12-9-16(10-14(4)6-7-14)13(8-15-12)11(2)3/h11-13,15H,5-10H2,1-4H3. The van der Waals surface area contributed by atoms with Gasteiger partial charge in [0.2, 0.25) is 0 Å². The van der Waals surface area contributed by atoms with Crippen molar-refractivity contribution in [1.29, 1.82) is 0 Å². The monoisotopic (exact) mass is 224 g/mol. The van der Waals surface area contributed by atoms with E-state index in [-0.39, 0.29) is 0 Å². The fourth-order valence-electron chi connectivity index (χ4n) is 2.87. The number of hydrogen-bond acceptors (Lipinski definition) is 2. The molecule has 0 aromatic carbocycles. The van der Waals surface area contributed by atoms with Gasteiger partial charge in [0.05, 0.1) is 0 Å². The van der Waals surface area contributed by atoms with Gasteiger partial charge < -0.3 is 5.32 Å². The molecule has 0 amide bonds. The van der Waals surface area contributed by atoms with Gasteiger partial charge in [0.1, 0.15) is 0 Å². The van der Waals surface area contributed by atoms with Crippen molar-refractivity contribution in [2.75, 3.05) is 19.6 Å². The first-order chi connectivity index (χ1) is 7.54. The largest absolute Gasteiger partial charge is 0.311 e. The molecule has 2 rings (SSSR count). The zero-order chi connectivity index (χ0) is 11.8. The van der Waals surface area contributed by atoms with E-state index in [0.29, 0.717) is 5.41 Å². The zero-order valence-electron chi connectivity index (χ0n) is 11.4. The molecule has 0 aromatic heterocycles. The molecular weight excluding hydrogens is 196 g/mol. The molecule has 0 spiro atoms. The molecule has 94 valence electrons. The molecule has 2 heteroatoms. The molecule has 1 aliphatic carbocycles. The molecule has 2 nitrogen and oxygen atoms in total. The Bertz CT molecular complexity index is 233. The predicted octanol–water partition coefficient (Wildman–Crippen LogP) is 2.49. The third kappa shape index (κ3) is 2.78. The third-order valence-electron chi connectivity index (χ3n) is 4.49. The molecule has 2 unspecified atom stereocenters. The highest BCUT2D eigenvalue weighted by Crippen LogP contribution is 2.46. The smallest absolute Gasteiger partial charge is 0.0244 e. The molecule has 1 N–H and O–H groups in total. The lowest BCUT2D eigenvalue weighted by molar-refractivity contribution is 0.0787. The third-order valence-corrected chi connectivity index (χ3v) is 4.49. The van der Waals surface area contributed by atoms with E-state index in [1.54, 1.807) is 0 Å². The fourth-order valence-corrected chi connectivity index (χ4v) is 2.87. The number of hydrogen-bond donors (Lipinski definition) is 1. The van der Waals surface area contributed by atoms with Crippen LogP contribution in [-0.4, -0.2) is 36.6 Å². The van der Waals surface area contributed by atoms with Crippen molar-refractivity contribution in [3.8, 4) is 0 Å². The fraction of sp³-hybridized carbons (Fsp3) is 1.00. The van der Waals surface area contributed by atoms with E-state index >= 15 is 0 Å². The van der Waals surface area contributed by atoms with Crippen LogP contribution in [-0.2, 0) is 0 Å². The van der Waals surface area contributed by atoms with Gasteiger partial charge in [-0.2, -0.15) is 0 Å². The van der Waals surface area contributed by atoms with E-state index in [4.69, 9.17) is 0 Å². The summed E-state index contributed by atoms with van der Waals surface area (Å²) in [5.74, 6) is 0.771. The molecule has 0 aromatic rings. The van der Waals surface area contributed by atoms with Gasteiger partial charge in [-0.15, -0.1) is 0 Å². The minimum Gasteiger partial charge on any atom is -0.311 e. The lowest BCUT2D eigenvalue weighted by atomic mass is 9.95. The molecule has 1 saturated heterocycles. The summed E-state index contributed by atoms with van der Waals surface area (Å²) in [5, 5.41) is 3.69. The van der Waals surface area contributed by atoms with Crippen LogP contribution in [0.25, 0.3) is 0 Å². The van der Waals surface area contributed by atoms with Crippen LogP contribution in [0.4, 0.5) is 0 Å². The Morgan fingerprint density at radius 2 is 2.06 bits per heavy atom. The van der Waals surface area contributed by atoms with Crippen molar-refractivity contribution in [1.82, 2.24) is 10.2 Å². The summed E-state index contributed by atoms with van der Waals surface area (Å²) in [4.78, 5) is 2.77. The zero-order valence-corrected chi connectivity index (χ0v) is 11.4. The van der Waals surface area contributed by atoms with Gasteiger partial charge in [-0.1, -0.05) is 27.7 Å². The number of piperazine rings is 1. The van der Waals surface area contributed by atoms with Crippen LogP contribution >= 0.6 is 0 Å². The Balaban J connectivity index is 1.96. The highest BCUT2D eigenvalue weighted by Gasteiger charge is 2.41. The van der Waals surface area contributed by atoms with Crippen molar-refractivity contribution in [3.05, 3.63) is 0 Å². The number of nitrogens with one attached hydrogen (secondary N) is 1. The van der Waals surface area contributed by atoms with Crippen molar-refractivity contribution >= 4 is 0 Å². The summed E-state index contributed by atoms with van der Waals surface area (Å²) >= 11 is 0. The van der Waals surface area contributed by atoms with E-state index in [1.807, 2.05) is 0 Å². The first-order valence-electron chi connectivity index (χ1n) is 7.01. The van der Waals surface area contributed by atoms with E-state index in [1.165, 1.54) is 38.9 Å². The van der Waals surface area contributed by atoms with Crippen LogP contribution in [0, 0.1) is 11.3 Å². The Labute approximate surface area is 101 Å². The van der Waals surface area contributed by atoms with Gasteiger partial charge in [0.15, 0.2) is 0 Å². The summed E-state index contributed by atoms with van der Waals surface area (Å²) in [6.45, 7) is 13.2. The maximum Gasteiger partial charge on any atom is 0.0244 e. The Morgan fingerprint density at radius 3 is 2.56 bits per heavy atom. The second-order valence-electron chi connectivity index (χ2n) is 6.56. The molecule has 1 heterocycles. The highest BCUT2D eigenvalue weighted by atomic mass is 15.2. The Hall–Kier alpha value is -0.0800. The van der Waals surface area contributed by atoms with Gasteiger partial charge in [-0.25, -0.2) is 0 Å². The van der Waals surface area contributed by atoms with Crippen molar-refractivity contribution < 1.29 is 0 Å². The van der Waals surface area contributed by atoms with E-state index in [2.05, 4.69) is 37.9 Å². The lowest BCUT2D eigenvalue weighted by Crippen LogP contribution is -2.59. The van der Waals surface area contributed by atoms with Crippen LogP contribution in [0.5, 0.6) is 0 Å². The summed E-state index contributed by atoms with van der Waals surface area (Å²) in [5.41, 5.74) is 0.656. The molecule has 2 atom stereocenters. The molecule has 1 saturated carbocycles. The predicted molar refractivity (Wildman–Crippen MR) is 69.6 cm³/mol. The molecule has 2 fully saturated rings. The maximum atomic E-state index is 3.69. The van der Waals surface area contributed by atoms with E-state index in [9.17, 15) is 0 Å². The average molecular weight is 224 g/mol. The SMILES string of the molecule is CCC1CN(CC2(C)CC2)C(C(C)C)CN1. The van der Waals surface area contributed by atoms with E-state index in [0.717, 1.165) is 18.0 Å². The number of nitrogens with zero attached hydrogens (tertiary/aromatic N) is 1. The second kappa shape index (κ2) is 4.66. The second-order valence-corrected chi connectivity index (χ2v) is 6.56. The van der Waals surface area contributed by atoms with Crippen molar-refractivity contribution in [2.45, 2.75) is 59.0 Å². The quantitative estimate of drug-likeness (QED) is 0.789. The first-order valence-corrected chi connectivity index (χ1v) is 7.01. The minimum atomic E-state index is 0.656. The van der Waals surface area contributed by atoms with Gasteiger partial charge in [0.25, 0.3) is 0 Å². The summed E-state index contributed by atoms with van der Waals surface area (Å²) in [6, 6.07) is 1.47. The van der Waals surface area contributed by atoms with E-state index < -0.39 is 0 Å². The Morgan fingerprint density at radius 1 is 1.38 bits per heavy atom. The highest BCUT2D eigenvalue weighted by molar-refractivity contribution is 4.96. The van der Waals surface area contributed by atoms with Crippen LogP contribution < -0.4 is 5.32 Å². The topological polar surface area (TPSA) is 15.3 Å². The van der Waals surface area contributed by atoms with Crippen LogP contribution in [0.15, 0.2) is 0 Å². The maximum absolute atomic E-state index is 3.69. The van der Waals surface area contributed by atoms with Crippen LogP contribution in [0.2, 0.25) is 0 Å². The molecule has 0 radical (unpaired) electrons. The van der Waals surface area contributed by atoms with Crippen LogP contribution in [0.3, 0.4) is 0 Å². The van der Waals surface area contributed by atoms with Gasteiger partial charge in [-0.3, -0.25) is 4.90 Å². The summed E-state index contributed by atoms with van der Waals surface area (Å²) in [7, 11) is 0. The van der Waals surface area contributed by atoms with Gasteiger partial charge in [-0.05, 0) is 30.6 Å². The van der Waals surface area contributed by atoms with Crippen LogP contribution in [0.1, 0.15) is 47.0 Å². The summed E-state index contributed by atoms with van der Waals surface area (Å²) < 4.78 is 0. The summed E-state index contributed by atoms with van der Waals surface area (Å²) in [6.07, 6.45) is 4.15. The molecule has 1 aliphatic heterocycles.